The van der Waals surface area contributed by atoms with Gasteiger partial charge < -0.3 is 15.1 Å². The number of aryl methyl sites for hydroxylation is 2. The summed E-state index contributed by atoms with van der Waals surface area (Å²) in [5.41, 5.74) is 4.74. The van der Waals surface area contributed by atoms with Crippen molar-refractivity contribution in [2.75, 3.05) is 39.3 Å². The molecular formula is C19H26ClN3O2. The monoisotopic (exact) mass is 363 g/mol. The minimum atomic E-state index is 0. The van der Waals surface area contributed by atoms with Crippen LogP contribution in [-0.2, 0) is 24.1 Å². The van der Waals surface area contributed by atoms with E-state index >= 15 is 0 Å². The van der Waals surface area contributed by atoms with Gasteiger partial charge in [0.25, 0.3) is 0 Å². The van der Waals surface area contributed by atoms with E-state index in [0.29, 0.717) is 13.0 Å². The minimum Gasteiger partial charge on any atom is -0.464 e. The van der Waals surface area contributed by atoms with E-state index in [4.69, 9.17) is 4.42 Å². The third-order valence-corrected chi connectivity index (χ3v) is 5.18. The molecule has 1 aromatic heterocycles. The number of piperazine rings is 1. The fourth-order valence-corrected chi connectivity index (χ4v) is 3.81. The van der Waals surface area contributed by atoms with Gasteiger partial charge in [-0.1, -0.05) is 0 Å². The highest BCUT2D eigenvalue weighted by Gasteiger charge is 2.17. The molecule has 1 aliphatic heterocycles. The molecule has 1 fully saturated rings. The highest BCUT2D eigenvalue weighted by atomic mass is 35.5. The van der Waals surface area contributed by atoms with Crippen molar-refractivity contribution >= 4 is 29.3 Å². The van der Waals surface area contributed by atoms with Crippen LogP contribution >= 0.6 is 12.4 Å². The normalized spacial score (nSPS) is 17.3. The first-order valence-electron chi connectivity index (χ1n) is 9.01. The van der Waals surface area contributed by atoms with Crippen LogP contribution < -0.4 is 10.6 Å². The summed E-state index contributed by atoms with van der Waals surface area (Å²) in [6, 6.07) is 4.38. The number of hydrogen-bond donors (Lipinski definition) is 2. The molecule has 1 amide bonds. The Bertz CT molecular complexity index is 738. The van der Waals surface area contributed by atoms with Crippen molar-refractivity contribution in [3.8, 4) is 0 Å². The number of carbonyl (C=O) groups excluding carboxylic acids is 1. The van der Waals surface area contributed by atoms with E-state index in [0.717, 1.165) is 62.1 Å². The van der Waals surface area contributed by atoms with Gasteiger partial charge in [0, 0.05) is 50.2 Å². The zero-order valence-corrected chi connectivity index (χ0v) is 15.3. The Hall–Kier alpha value is -1.56. The average Bonchev–Trinajstić information content (AvgIpc) is 3.20. The molecule has 2 aromatic rings. The number of nitrogens with one attached hydrogen (secondary N) is 2. The fourth-order valence-electron chi connectivity index (χ4n) is 3.81. The Morgan fingerprint density at radius 3 is 2.76 bits per heavy atom. The summed E-state index contributed by atoms with van der Waals surface area (Å²) in [6.45, 7) is 5.84. The van der Waals surface area contributed by atoms with Gasteiger partial charge in [-0.2, -0.15) is 0 Å². The number of benzene rings is 1. The molecular weight excluding hydrogens is 338 g/mol. The van der Waals surface area contributed by atoms with Crippen molar-refractivity contribution in [2.45, 2.75) is 25.7 Å². The van der Waals surface area contributed by atoms with Gasteiger partial charge in [0.1, 0.15) is 5.58 Å². The second-order valence-electron chi connectivity index (χ2n) is 6.85. The first kappa shape index (κ1) is 18.2. The lowest BCUT2D eigenvalue weighted by Crippen LogP contribution is -2.46. The summed E-state index contributed by atoms with van der Waals surface area (Å²) >= 11 is 0. The number of amides is 1. The molecule has 0 saturated carbocycles. The molecule has 136 valence electrons. The van der Waals surface area contributed by atoms with Crippen LogP contribution in [0.4, 0.5) is 0 Å². The predicted molar refractivity (Wildman–Crippen MR) is 102 cm³/mol. The molecule has 0 spiro atoms. The number of nitrogens with zero attached hydrogens (tertiary/aromatic N) is 1. The number of hydrogen-bond acceptors (Lipinski definition) is 4. The molecule has 0 radical (unpaired) electrons. The Morgan fingerprint density at radius 1 is 1.20 bits per heavy atom. The SMILES string of the molecule is Cl.O=C(Cc1coc2cc3c(cc12)CCC3)NCCN1CCNCC1. The van der Waals surface area contributed by atoms with Crippen molar-refractivity contribution in [3.63, 3.8) is 0 Å². The summed E-state index contributed by atoms with van der Waals surface area (Å²) < 4.78 is 5.68. The summed E-state index contributed by atoms with van der Waals surface area (Å²) in [5, 5.41) is 7.49. The molecule has 0 atom stereocenters. The Balaban J connectivity index is 0.00000182. The van der Waals surface area contributed by atoms with Gasteiger partial charge in [0.05, 0.1) is 12.7 Å². The predicted octanol–water partition coefficient (Wildman–Crippen LogP) is 1.91. The van der Waals surface area contributed by atoms with E-state index in [1.165, 1.54) is 17.5 Å². The standard InChI is InChI=1S/C19H25N3O2.ClH/c23-19(21-6-9-22-7-4-20-5-8-22)12-16-13-24-18-11-15-3-1-2-14(15)10-17(16)18;/h10-11,13,20H,1-9,12H2,(H,21,23);1H. The fraction of sp³-hybridized carbons (Fsp3) is 0.526. The second kappa shape index (κ2) is 8.21. The third-order valence-electron chi connectivity index (χ3n) is 5.18. The molecule has 2 heterocycles. The molecule has 1 saturated heterocycles. The van der Waals surface area contributed by atoms with Crippen LogP contribution in [0, 0.1) is 0 Å². The van der Waals surface area contributed by atoms with Crippen LogP contribution in [0.5, 0.6) is 0 Å². The summed E-state index contributed by atoms with van der Waals surface area (Å²) in [6.07, 6.45) is 5.66. The van der Waals surface area contributed by atoms with Crippen molar-refractivity contribution in [1.29, 1.82) is 0 Å². The van der Waals surface area contributed by atoms with Gasteiger partial charge in [0.2, 0.25) is 5.91 Å². The van der Waals surface area contributed by atoms with Gasteiger partial charge >= 0.3 is 0 Å². The van der Waals surface area contributed by atoms with Gasteiger partial charge in [-0.15, -0.1) is 12.4 Å². The smallest absolute Gasteiger partial charge is 0.224 e. The molecule has 5 nitrogen and oxygen atoms in total. The van der Waals surface area contributed by atoms with E-state index < -0.39 is 0 Å². The zero-order chi connectivity index (χ0) is 16.4. The molecule has 2 N–H and O–H groups in total. The van der Waals surface area contributed by atoms with Crippen molar-refractivity contribution < 1.29 is 9.21 Å². The van der Waals surface area contributed by atoms with Crippen LogP contribution in [0.25, 0.3) is 11.0 Å². The van der Waals surface area contributed by atoms with E-state index in [1.54, 1.807) is 6.26 Å². The molecule has 0 unspecified atom stereocenters. The number of halogens is 1. The lowest BCUT2D eigenvalue weighted by molar-refractivity contribution is -0.120. The molecule has 4 rings (SSSR count). The van der Waals surface area contributed by atoms with Crippen molar-refractivity contribution in [3.05, 3.63) is 35.1 Å². The van der Waals surface area contributed by atoms with Crippen LogP contribution in [-0.4, -0.2) is 50.1 Å². The Morgan fingerprint density at radius 2 is 1.96 bits per heavy atom. The third kappa shape index (κ3) is 4.17. The van der Waals surface area contributed by atoms with Crippen LogP contribution in [0.3, 0.4) is 0 Å². The first-order chi connectivity index (χ1) is 11.8. The Kier molecular flexibility index (Phi) is 5.99. The molecule has 6 heteroatoms. The van der Waals surface area contributed by atoms with Crippen LogP contribution in [0.15, 0.2) is 22.8 Å². The number of fused-ring (bicyclic) bond motifs is 2. The van der Waals surface area contributed by atoms with E-state index in [2.05, 4.69) is 27.7 Å². The maximum absolute atomic E-state index is 12.2. The average molecular weight is 364 g/mol. The topological polar surface area (TPSA) is 57.5 Å². The van der Waals surface area contributed by atoms with Gasteiger partial charge in [0.15, 0.2) is 0 Å². The maximum Gasteiger partial charge on any atom is 0.224 e. The summed E-state index contributed by atoms with van der Waals surface area (Å²) in [7, 11) is 0. The lowest BCUT2D eigenvalue weighted by atomic mass is 10.0. The van der Waals surface area contributed by atoms with Crippen molar-refractivity contribution in [1.82, 2.24) is 15.5 Å². The van der Waals surface area contributed by atoms with Crippen LogP contribution in [0.1, 0.15) is 23.1 Å². The molecule has 2 aliphatic rings. The van der Waals surface area contributed by atoms with Gasteiger partial charge in [-0.3, -0.25) is 9.69 Å². The lowest BCUT2D eigenvalue weighted by Gasteiger charge is -2.27. The van der Waals surface area contributed by atoms with E-state index in [9.17, 15) is 4.79 Å². The second-order valence-corrected chi connectivity index (χ2v) is 6.85. The van der Waals surface area contributed by atoms with Gasteiger partial charge in [-0.05, 0) is 42.5 Å². The van der Waals surface area contributed by atoms with Crippen LogP contribution in [0.2, 0.25) is 0 Å². The van der Waals surface area contributed by atoms with E-state index in [1.807, 2.05) is 0 Å². The largest absolute Gasteiger partial charge is 0.464 e. The number of rotatable bonds is 5. The summed E-state index contributed by atoms with van der Waals surface area (Å²) in [5.74, 6) is 0.0772. The zero-order valence-electron chi connectivity index (χ0n) is 14.5. The quantitative estimate of drug-likeness (QED) is 0.852. The molecule has 0 bridgehead atoms. The number of furan rings is 1. The molecule has 25 heavy (non-hydrogen) atoms. The first-order valence-corrected chi connectivity index (χ1v) is 9.01. The summed E-state index contributed by atoms with van der Waals surface area (Å²) in [4.78, 5) is 14.6. The number of carbonyl (C=O) groups is 1. The van der Waals surface area contributed by atoms with Crippen molar-refractivity contribution in [2.24, 2.45) is 0 Å². The highest BCUT2D eigenvalue weighted by Crippen LogP contribution is 2.30. The highest BCUT2D eigenvalue weighted by molar-refractivity contribution is 5.88. The van der Waals surface area contributed by atoms with E-state index in [-0.39, 0.29) is 18.3 Å². The molecule has 1 aliphatic carbocycles. The minimum absolute atomic E-state index is 0. The van der Waals surface area contributed by atoms with Gasteiger partial charge in [-0.25, -0.2) is 0 Å². The molecule has 1 aromatic carbocycles. The maximum atomic E-state index is 12.2. The Labute approximate surface area is 154 Å².